The average molecular weight is 309 g/mol. The molecule has 0 aliphatic heterocycles. The van der Waals surface area contributed by atoms with Gasteiger partial charge in [0.25, 0.3) is 0 Å². The van der Waals surface area contributed by atoms with Crippen molar-refractivity contribution in [3.8, 4) is 0 Å². The first-order chi connectivity index (χ1) is 11.1. The summed E-state index contributed by atoms with van der Waals surface area (Å²) in [4.78, 5) is 11.8. The lowest BCUT2D eigenvalue weighted by Gasteiger charge is -2.14. The molecule has 0 aromatic heterocycles. The number of aryl methyl sites for hydroxylation is 2. The molecule has 1 unspecified atom stereocenters. The van der Waals surface area contributed by atoms with Crippen molar-refractivity contribution in [2.75, 3.05) is 6.54 Å². The lowest BCUT2D eigenvalue weighted by molar-refractivity contribution is -0.120. The van der Waals surface area contributed by atoms with Crippen molar-refractivity contribution in [2.24, 2.45) is 0 Å². The fourth-order valence-corrected chi connectivity index (χ4v) is 2.33. The van der Waals surface area contributed by atoms with Gasteiger partial charge in [0.2, 0.25) is 5.91 Å². The Morgan fingerprint density at radius 1 is 1.13 bits per heavy atom. The van der Waals surface area contributed by atoms with Gasteiger partial charge in [0.1, 0.15) is 0 Å². The van der Waals surface area contributed by atoms with Crippen LogP contribution >= 0.6 is 0 Å². The molecule has 23 heavy (non-hydrogen) atoms. The third kappa shape index (κ3) is 5.38. The molecule has 0 fully saturated rings. The van der Waals surface area contributed by atoms with E-state index in [9.17, 15) is 9.90 Å². The maximum atomic E-state index is 11.8. The first kappa shape index (κ1) is 17.0. The van der Waals surface area contributed by atoms with E-state index < -0.39 is 6.10 Å². The first-order valence-electron chi connectivity index (χ1n) is 7.80. The number of rotatable bonds is 6. The van der Waals surface area contributed by atoms with Crippen LogP contribution in [0.2, 0.25) is 0 Å². The van der Waals surface area contributed by atoms with E-state index >= 15 is 0 Å². The highest BCUT2D eigenvalue weighted by atomic mass is 16.3. The topological polar surface area (TPSA) is 49.3 Å². The van der Waals surface area contributed by atoms with Gasteiger partial charge in [0.05, 0.1) is 6.10 Å². The molecule has 0 aliphatic rings. The number of aliphatic hydroxyl groups is 1. The molecule has 0 bridgehead atoms. The summed E-state index contributed by atoms with van der Waals surface area (Å²) in [7, 11) is 0. The number of carbonyl (C=O) groups excluding carboxylic acids is 1. The predicted molar refractivity (Wildman–Crippen MR) is 94.0 cm³/mol. The van der Waals surface area contributed by atoms with Gasteiger partial charge >= 0.3 is 0 Å². The number of carbonyl (C=O) groups is 1. The minimum absolute atomic E-state index is 0.0963. The fraction of sp³-hybridized carbons (Fsp3) is 0.250. The van der Waals surface area contributed by atoms with Gasteiger partial charge in [-0.05, 0) is 30.5 Å². The molecule has 2 aromatic rings. The van der Waals surface area contributed by atoms with E-state index in [0.29, 0.717) is 6.42 Å². The number of hydrogen-bond acceptors (Lipinski definition) is 2. The molecular formula is C20H23NO2. The number of hydrogen-bond donors (Lipinski definition) is 2. The van der Waals surface area contributed by atoms with Gasteiger partial charge in [-0.1, -0.05) is 66.2 Å². The first-order valence-corrected chi connectivity index (χ1v) is 7.80. The monoisotopic (exact) mass is 309 g/mol. The van der Waals surface area contributed by atoms with Crippen molar-refractivity contribution in [1.82, 2.24) is 5.32 Å². The van der Waals surface area contributed by atoms with Crippen LogP contribution in [-0.2, 0) is 4.79 Å². The van der Waals surface area contributed by atoms with Crippen LogP contribution in [0.25, 0.3) is 6.08 Å². The van der Waals surface area contributed by atoms with E-state index in [1.54, 1.807) is 0 Å². The molecule has 0 spiro atoms. The van der Waals surface area contributed by atoms with Crippen LogP contribution in [0, 0.1) is 13.8 Å². The van der Waals surface area contributed by atoms with E-state index in [1.165, 1.54) is 5.56 Å². The third-order valence-corrected chi connectivity index (χ3v) is 3.73. The lowest BCUT2D eigenvalue weighted by atomic mass is 10.0. The van der Waals surface area contributed by atoms with Crippen molar-refractivity contribution in [3.05, 3.63) is 76.9 Å². The summed E-state index contributed by atoms with van der Waals surface area (Å²) >= 11 is 0. The number of benzene rings is 2. The SMILES string of the molecule is Cc1ccc(/C=C/CC(=O)NCC(O)c2ccccc2C)cc1. The van der Waals surface area contributed by atoms with Crippen molar-refractivity contribution in [2.45, 2.75) is 26.4 Å². The fourth-order valence-electron chi connectivity index (χ4n) is 2.33. The van der Waals surface area contributed by atoms with Crippen LogP contribution in [0.5, 0.6) is 0 Å². The van der Waals surface area contributed by atoms with E-state index in [4.69, 9.17) is 0 Å². The Labute approximate surface area is 137 Å². The molecule has 1 atom stereocenters. The Kier molecular flexibility index (Phi) is 6.12. The van der Waals surface area contributed by atoms with E-state index in [2.05, 4.69) is 5.32 Å². The average Bonchev–Trinajstić information content (AvgIpc) is 2.55. The Hall–Kier alpha value is -2.39. The van der Waals surface area contributed by atoms with E-state index in [0.717, 1.165) is 16.7 Å². The lowest BCUT2D eigenvalue weighted by Crippen LogP contribution is -2.27. The smallest absolute Gasteiger partial charge is 0.223 e. The largest absolute Gasteiger partial charge is 0.387 e. The standard InChI is InChI=1S/C20H23NO2/c1-15-10-12-17(13-11-15)7-5-9-20(23)21-14-19(22)18-8-4-3-6-16(18)2/h3-8,10-13,19,22H,9,14H2,1-2H3,(H,21,23)/b7-5+. The van der Waals surface area contributed by atoms with Gasteiger partial charge in [-0.25, -0.2) is 0 Å². The minimum Gasteiger partial charge on any atom is -0.387 e. The second-order valence-electron chi connectivity index (χ2n) is 5.69. The molecule has 2 N–H and O–H groups in total. The highest BCUT2D eigenvalue weighted by Gasteiger charge is 2.10. The molecule has 0 saturated heterocycles. The Balaban J connectivity index is 1.79. The number of amides is 1. The molecule has 3 heteroatoms. The molecule has 0 radical (unpaired) electrons. The van der Waals surface area contributed by atoms with E-state index in [1.807, 2.05) is 74.5 Å². The number of aliphatic hydroxyl groups excluding tert-OH is 1. The highest BCUT2D eigenvalue weighted by Crippen LogP contribution is 2.16. The van der Waals surface area contributed by atoms with Crippen molar-refractivity contribution in [3.63, 3.8) is 0 Å². The zero-order valence-electron chi connectivity index (χ0n) is 13.6. The van der Waals surface area contributed by atoms with Crippen molar-refractivity contribution >= 4 is 12.0 Å². The summed E-state index contributed by atoms with van der Waals surface area (Å²) in [6.45, 7) is 4.22. The summed E-state index contributed by atoms with van der Waals surface area (Å²) in [6, 6.07) is 15.8. The van der Waals surface area contributed by atoms with E-state index in [-0.39, 0.29) is 12.5 Å². The Morgan fingerprint density at radius 3 is 2.52 bits per heavy atom. The highest BCUT2D eigenvalue weighted by molar-refractivity contribution is 5.78. The van der Waals surface area contributed by atoms with Crippen molar-refractivity contribution in [1.29, 1.82) is 0 Å². The van der Waals surface area contributed by atoms with Crippen molar-refractivity contribution < 1.29 is 9.90 Å². The molecule has 0 aliphatic carbocycles. The number of nitrogens with one attached hydrogen (secondary N) is 1. The second kappa shape index (κ2) is 8.30. The molecule has 0 saturated carbocycles. The second-order valence-corrected chi connectivity index (χ2v) is 5.69. The zero-order valence-corrected chi connectivity index (χ0v) is 13.6. The Bertz CT molecular complexity index is 674. The van der Waals surface area contributed by atoms with Crippen LogP contribution in [0.4, 0.5) is 0 Å². The molecule has 0 heterocycles. The summed E-state index contributed by atoms with van der Waals surface area (Å²) in [5.41, 5.74) is 4.16. The van der Waals surface area contributed by atoms with Crippen LogP contribution < -0.4 is 5.32 Å². The Morgan fingerprint density at radius 2 is 1.83 bits per heavy atom. The van der Waals surface area contributed by atoms with Gasteiger partial charge in [0.15, 0.2) is 0 Å². The summed E-state index contributed by atoms with van der Waals surface area (Å²) in [5, 5.41) is 12.9. The van der Waals surface area contributed by atoms with Gasteiger partial charge in [-0.2, -0.15) is 0 Å². The van der Waals surface area contributed by atoms with Crippen LogP contribution in [0.3, 0.4) is 0 Å². The maximum absolute atomic E-state index is 11.8. The predicted octanol–water partition coefficient (Wildman–Crippen LogP) is 3.56. The molecule has 1 amide bonds. The minimum atomic E-state index is -0.679. The third-order valence-electron chi connectivity index (χ3n) is 3.73. The van der Waals surface area contributed by atoms with Crippen LogP contribution in [0.15, 0.2) is 54.6 Å². The molecular weight excluding hydrogens is 286 g/mol. The van der Waals surface area contributed by atoms with Crippen LogP contribution in [-0.4, -0.2) is 17.6 Å². The summed E-state index contributed by atoms with van der Waals surface area (Å²) < 4.78 is 0. The van der Waals surface area contributed by atoms with Gasteiger partial charge in [0, 0.05) is 13.0 Å². The molecule has 2 rings (SSSR count). The summed E-state index contributed by atoms with van der Waals surface area (Å²) in [5.74, 6) is -0.0963. The van der Waals surface area contributed by atoms with Gasteiger partial charge in [-0.15, -0.1) is 0 Å². The van der Waals surface area contributed by atoms with Gasteiger partial charge < -0.3 is 10.4 Å². The molecule has 120 valence electrons. The molecule has 2 aromatic carbocycles. The van der Waals surface area contributed by atoms with Gasteiger partial charge in [-0.3, -0.25) is 4.79 Å². The normalized spacial score (nSPS) is 12.3. The van der Waals surface area contributed by atoms with Crippen LogP contribution in [0.1, 0.15) is 34.8 Å². The maximum Gasteiger partial charge on any atom is 0.223 e. The zero-order chi connectivity index (χ0) is 16.7. The molecule has 3 nitrogen and oxygen atoms in total. The summed E-state index contributed by atoms with van der Waals surface area (Å²) in [6.07, 6.45) is 3.38. The quantitative estimate of drug-likeness (QED) is 0.857.